The molecule has 0 bridgehead atoms. The highest BCUT2D eigenvalue weighted by atomic mass is 32.2. The van der Waals surface area contributed by atoms with Crippen molar-refractivity contribution in [2.45, 2.75) is 18.7 Å². The molecule has 0 aliphatic carbocycles. The monoisotopic (exact) mass is 419 g/mol. The lowest BCUT2D eigenvalue weighted by Gasteiger charge is -2.20. The highest BCUT2D eigenvalue weighted by Crippen LogP contribution is 2.29. The van der Waals surface area contributed by atoms with Crippen LogP contribution in [-0.4, -0.2) is 51.0 Å². The van der Waals surface area contributed by atoms with E-state index >= 15 is 0 Å². The fourth-order valence-corrected chi connectivity index (χ4v) is 4.29. The smallest absolute Gasteiger partial charge is 0.270 e. The van der Waals surface area contributed by atoms with E-state index in [1.54, 1.807) is 20.1 Å². The van der Waals surface area contributed by atoms with E-state index in [0.29, 0.717) is 0 Å². The third-order valence-corrected chi connectivity index (χ3v) is 6.40. The van der Waals surface area contributed by atoms with E-state index in [-0.39, 0.29) is 29.4 Å². The Labute approximate surface area is 170 Å². The van der Waals surface area contributed by atoms with Crippen LogP contribution in [0.3, 0.4) is 0 Å². The Bertz CT molecular complexity index is 984. The lowest BCUT2D eigenvalue weighted by atomic mass is 10.2. The third kappa shape index (κ3) is 5.30. The molecule has 2 aromatic rings. The zero-order valence-corrected chi connectivity index (χ0v) is 17.7. The number of benzene rings is 2. The number of anilines is 2. The van der Waals surface area contributed by atoms with E-state index in [1.807, 2.05) is 43.3 Å². The first-order chi connectivity index (χ1) is 13.7. The van der Waals surface area contributed by atoms with Crippen LogP contribution in [0.15, 0.2) is 52.5 Å². The standard InChI is InChI=1S/C19H25N5O4S/c1-5-23(6-2)29(27,28)19-13-17(24(25)26)11-12-18(19)21-20-14-15-7-9-16(10-8-15)22(3)4/h7-14,21H,5-6H2,1-4H3/b20-14+. The van der Waals surface area contributed by atoms with Gasteiger partial charge in [0.05, 0.1) is 16.8 Å². The number of hydrogen-bond acceptors (Lipinski definition) is 7. The van der Waals surface area contributed by atoms with Crippen LogP contribution in [-0.2, 0) is 10.0 Å². The molecule has 0 radical (unpaired) electrons. The largest absolute Gasteiger partial charge is 0.378 e. The maximum absolute atomic E-state index is 12.9. The number of sulfonamides is 1. The molecule has 2 rings (SSSR count). The number of nitro groups is 1. The van der Waals surface area contributed by atoms with Gasteiger partial charge in [0.1, 0.15) is 4.90 Å². The van der Waals surface area contributed by atoms with Crippen molar-refractivity contribution >= 4 is 33.3 Å². The van der Waals surface area contributed by atoms with Gasteiger partial charge in [0.25, 0.3) is 5.69 Å². The van der Waals surface area contributed by atoms with Gasteiger partial charge in [-0.1, -0.05) is 26.0 Å². The molecule has 0 aromatic heterocycles. The minimum atomic E-state index is -3.91. The molecule has 0 heterocycles. The number of hydrazone groups is 1. The first-order valence-electron chi connectivity index (χ1n) is 9.05. The van der Waals surface area contributed by atoms with E-state index in [0.717, 1.165) is 17.3 Å². The van der Waals surface area contributed by atoms with Gasteiger partial charge in [-0.05, 0) is 23.8 Å². The van der Waals surface area contributed by atoms with Gasteiger partial charge < -0.3 is 4.90 Å². The van der Waals surface area contributed by atoms with Gasteiger partial charge >= 0.3 is 0 Å². The fraction of sp³-hybridized carbons (Fsp3) is 0.316. The molecule has 0 aliphatic heterocycles. The van der Waals surface area contributed by atoms with Crippen molar-refractivity contribution in [2.24, 2.45) is 5.10 Å². The van der Waals surface area contributed by atoms with E-state index in [1.165, 1.54) is 16.4 Å². The predicted molar refractivity (Wildman–Crippen MR) is 115 cm³/mol. The fourth-order valence-electron chi connectivity index (χ4n) is 2.67. The van der Waals surface area contributed by atoms with E-state index < -0.39 is 14.9 Å². The number of nitrogens with one attached hydrogen (secondary N) is 1. The molecule has 0 saturated heterocycles. The molecule has 29 heavy (non-hydrogen) atoms. The Morgan fingerprint density at radius 3 is 2.24 bits per heavy atom. The second kappa shape index (κ2) is 9.48. The first kappa shape index (κ1) is 22.3. The van der Waals surface area contributed by atoms with Gasteiger partial charge in [0.2, 0.25) is 10.0 Å². The molecule has 0 saturated carbocycles. The average molecular weight is 420 g/mol. The summed E-state index contributed by atoms with van der Waals surface area (Å²) in [6, 6.07) is 11.3. The third-order valence-electron chi connectivity index (χ3n) is 4.31. The average Bonchev–Trinajstić information content (AvgIpc) is 2.69. The molecule has 0 spiro atoms. The van der Waals surface area contributed by atoms with Crippen molar-refractivity contribution in [2.75, 3.05) is 37.5 Å². The summed E-state index contributed by atoms with van der Waals surface area (Å²) in [6.07, 6.45) is 1.55. The van der Waals surface area contributed by atoms with Gasteiger partial charge in [-0.25, -0.2) is 8.42 Å². The zero-order chi connectivity index (χ0) is 21.6. The van der Waals surface area contributed by atoms with Crippen LogP contribution in [0.25, 0.3) is 0 Å². The molecule has 156 valence electrons. The van der Waals surface area contributed by atoms with E-state index in [2.05, 4.69) is 10.5 Å². The maximum Gasteiger partial charge on any atom is 0.270 e. The SMILES string of the molecule is CCN(CC)S(=O)(=O)c1cc([N+](=O)[O-])ccc1N/N=C/c1ccc(N(C)C)cc1. The van der Waals surface area contributed by atoms with Crippen LogP contribution < -0.4 is 10.3 Å². The second-order valence-corrected chi connectivity index (χ2v) is 8.29. The molecule has 0 unspecified atom stereocenters. The van der Waals surface area contributed by atoms with Crippen molar-refractivity contribution in [3.63, 3.8) is 0 Å². The topological polar surface area (TPSA) is 108 Å². The number of nitro benzene ring substituents is 1. The van der Waals surface area contributed by atoms with Gasteiger partial charge in [0, 0.05) is 45.0 Å². The molecule has 9 nitrogen and oxygen atoms in total. The quantitative estimate of drug-likeness (QED) is 0.380. The van der Waals surface area contributed by atoms with Crippen molar-refractivity contribution in [3.8, 4) is 0 Å². The van der Waals surface area contributed by atoms with Crippen LogP contribution >= 0.6 is 0 Å². The molecule has 1 N–H and O–H groups in total. The summed E-state index contributed by atoms with van der Waals surface area (Å²) in [7, 11) is -0.0280. The number of nitrogens with zero attached hydrogens (tertiary/aromatic N) is 4. The lowest BCUT2D eigenvalue weighted by molar-refractivity contribution is -0.385. The summed E-state index contributed by atoms with van der Waals surface area (Å²) in [5.41, 5.74) is 4.43. The van der Waals surface area contributed by atoms with E-state index in [4.69, 9.17) is 0 Å². The van der Waals surface area contributed by atoms with Crippen molar-refractivity contribution in [3.05, 3.63) is 58.1 Å². The summed E-state index contributed by atoms with van der Waals surface area (Å²) in [5, 5.41) is 15.2. The molecule has 0 aliphatic rings. The highest BCUT2D eigenvalue weighted by Gasteiger charge is 2.27. The summed E-state index contributed by atoms with van der Waals surface area (Å²) in [5.74, 6) is 0. The summed E-state index contributed by atoms with van der Waals surface area (Å²) in [4.78, 5) is 12.3. The lowest BCUT2D eigenvalue weighted by Crippen LogP contribution is -2.31. The molecule has 10 heteroatoms. The van der Waals surface area contributed by atoms with Crippen molar-refractivity contribution < 1.29 is 13.3 Å². The van der Waals surface area contributed by atoms with Gasteiger partial charge in [-0.3, -0.25) is 15.5 Å². The highest BCUT2D eigenvalue weighted by molar-refractivity contribution is 7.89. The molecule has 2 aromatic carbocycles. The maximum atomic E-state index is 12.9. The normalized spacial score (nSPS) is 11.8. The number of hydrogen-bond donors (Lipinski definition) is 1. The molecule has 0 atom stereocenters. The van der Waals surface area contributed by atoms with Crippen LogP contribution in [0.2, 0.25) is 0 Å². The van der Waals surface area contributed by atoms with Crippen LogP contribution in [0, 0.1) is 10.1 Å². The minimum absolute atomic E-state index is 0.170. The van der Waals surface area contributed by atoms with Gasteiger partial charge in [-0.2, -0.15) is 9.41 Å². The van der Waals surface area contributed by atoms with Gasteiger partial charge in [0.15, 0.2) is 0 Å². The molecule has 0 amide bonds. The Balaban J connectivity index is 2.35. The number of non-ortho nitro benzene ring substituents is 1. The Morgan fingerprint density at radius 1 is 1.10 bits per heavy atom. The minimum Gasteiger partial charge on any atom is -0.378 e. The van der Waals surface area contributed by atoms with Crippen molar-refractivity contribution in [1.29, 1.82) is 0 Å². The molecular weight excluding hydrogens is 394 g/mol. The van der Waals surface area contributed by atoms with Crippen LogP contribution in [0.4, 0.5) is 17.1 Å². The van der Waals surface area contributed by atoms with E-state index in [9.17, 15) is 18.5 Å². The number of rotatable bonds is 9. The summed E-state index contributed by atoms with van der Waals surface area (Å²) in [6.45, 7) is 3.92. The van der Waals surface area contributed by atoms with Crippen molar-refractivity contribution in [1.82, 2.24) is 4.31 Å². The first-order valence-corrected chi connectivity index (χ1v) is 10.5. The molecular formula is C19H25N5O4S. The van der Waals surface area contributed by atoms with Gasteiger partial charge in [-0.15, -0.1) is 0 Å². The summed E-state index contributed by atoms with van der Waals surface area (Å²) >= 11 is 0. The zero-order valence-electron chi connectivity index (χ0n) is 16.9. The Kier molecular flexibility index (Phi) is 7.29. The predicted octanol–water partition coefficient (Wildman–Crippen LogP) is 3.14. The summed E-state index contributed by atoms with van der Waals surface area (Å²) < 4.78 is 27.1. The van der Waals surface area contributed by atoms with Crippen LogP contribution in [0.1, 0.15) is 19.4 Å². The Morgan fingerprint density at radius 2 is 1.72 bits per heavy atom. The van der Waals surface area contributed by atoms with Crippen LogP contribution in [0.5, 0.6) is 0 Å². The second-order valence-electron chi connectivity index (χ2n) is 6.38. The Hall–Kier alpha value is -2.98. The molecule has 0 fully saturated rings.